The molecule has 114 valence electrons. The van der Waals surface area contributed by atoms with Crippen LogP contribution < -0.4 is 5.32 Å². The van der Waals surface area contributed by atoms with E-state index >= 15 is 0 Å². The summed E-state index contributed by atoms with van der Waals surface area (Å²) < 4.78 is 1.09. The van der Waals surface area contributed by atoms with E-state index in [1.807, 2.05) is 30.3 Å². The van der Waals surface area contributed by atoms with E-state index in [1.54, 1.807) is 0 Å². The Bertz CT molecular complexity index is 647. The number of halogens is 1. The van der Waals surface area contributed by atoms with Crippen LogP contribution in [0, 0.1) is 0 Å². The van der Waals surface area contributed by atoms with Crippen LogP contribution in [-0.2, 0) is 16.6 Å². The molecule has 0 aliphatic heterocycles. The van der Waals surface area contributed by atoms with Gasteiger partial charge in [-0.3, -0.25) is 4.79 Å². The van der Waals surface area contributed by atoms with Crippen LogP contribution >= 0.6 is 15.9 Å². The lowest BCUT2D eigenvalue weighted by Crippen LogP contribution is -2.42. The fraction of sp³-hybridized carbons (Fsp3) is 0.316. The number of hydrogen-bond acceptors (Lipinski definition) is 1. The van der Waals surface area contributed by atoms with E-state index < -0.39 is 0 Å². The molecule has 3 heteroatoms. The van der Waals surface area contributed by atoms with Crippen LogP contribution in [0.1, 0.15) is 30.9 Å². The second-order valence-corrected chi connectivity index (χ2v) is 7.03. The maximum Gasteiger partial charge on any atom is 0.224 e. The molecule has 1 fully saturated rings. The van der Waals surface area contributed by atoms with Crippen molar-refractivity contribution in [1.82, 2.24) is 5.32 Å². The van der Waals surface area contributed by atoms with Crippen molar-refractivity contribution in [2.45, 2.75) is 37.6 Å². The molecule has 2 aromatic carbocycles. The largest absolute Gasteiger partial charge is 0.352 e. The monoisotopic (exact) mass is 357 g/mol. The molecule has 0 bridgehead atoms. The standard InChI is InChI=1S/C19H20BrNO/c1-14(21-18(22)13-15-5-3-2-4-6-15)19(11-12-19)16-7-9-17(20)10-8-16/h2-10,14H,11-13H2,1H3,(H,21,22). The van der Waals surface area contributed by atoms with Gasteiger partial charge >= 0.3 is 0 Å². The summed E-state index contributed by atoms with van der Waals surface area (Å²) in [6.45, 7) is 2.12. The summed E-state index contributed by atoms with van der Waals surface area (Å²) in [7, 11) is 0. The van der Waals surface area contributed by atoms with Crippen LogP contribution in [0.2, 0.25) is 0 Å². The van der Waals surface area contributed by atoms with Crippen LogP contribution in [0.4, 0.5) is 0 Å². The highest BCUT2D eigenvalue weighted by Crippen LogP contribution is 2.51. The first-order valence-corrected chi connectivity index (χ1v) is 8.49. The number of nitrogens with one attached hydrogen (secondary N) is 1. The van der Waals surface area contributed by atoms with Crippen molar-refractivity contribution in [2.75, 3.05) is 0 Å². The molecule has 0 saturated heterocycles. The molecular formula is C19H20BrNO. The van der Waals surface area contributed by atoms with Gasteiger partial charge in [-0.15, -0.1) is 0 Å². The number of hydrogen-bond donors (Lipinski definition) is 1. The van der Waals surface area contributed by atoms with Gasteiger partial charge in [-0.2, -0.15) is 0 Å². The van der Waals surface area contributed by atoms with Crippen LogP contribution in [0.15, 0.2) is 59.1 Å². The quantitative estimate of drug-likeness (QED) is 0.852. The van der Waals surface area contributed by atoms with Gasteiger partial charge in [-0.1, -0.05) is 58.4 Å². The maximum absolute atomic E-state index is 12.3. The van der Waals surface area contributed by atoms with Gasteiger partial charge in [0.05, 0.1) is 6.42 Å². The van der Waals surface area contributed by atoms with Gasteiger partial charge < -0.3 is 5.32 Å². The number of benzene rings is 2. The first-order chi connectivity index (χ1) is 10.6. The van der Waals surface area contributed by atoms with Crippen molar-refractivity contribution in [3.8, 4) is 0 Å². The lowest BCUT2D eigenvalue weighted by Gasteiger charge is -2.25. The van der Waals surface area contributed by atoms with Gasteiger partial charge in [0.25, 0.3) is 0 Å². The molecule has 1 unspecified atom stereocenters. The highest BCUT2D eigenvalue weighted by atomic mass is 79.9. The van der Waals surface area contributed by atoms with E-state index in [-0.39, 0.29) is 17.4 Å². The van der Waals surface area contributed by atoms with E-state index in [0.717, 1.165) is 22.9 Å². The first-order valence-electron chi connectivity index (χ1n) is 7.69. The van der Waals surface area contributed by atoms with Gasteiger partial charge in [0.1, 0.15) is 0 Å². The molecule has 1 saturated carbocycles. The van der Waals surface area contributed by atoms with Crippen molar-refractivity contribution < 1.29 is 4.79 Å². The van der Waals surface area contributed by atoms with Crippen LogP contribution in [0.3, 0.4) is 0 Å². The minimum absolute atomic E-state index is 0.0992. The maximum atomic E-state index is 12.3. The SMILES string of the molecule is CC(NC(=O)Cc1ccccc1)C1(c2ccc(Br)cc2)CC1. The van der Waals surface area contributed by atoms with Crippen molar-refractivity contribution in [2.24, 2.45) is 0 Å². The smallest absolute Gasteiger partial charge is 0.224 e. The summed E-state index contributed by atoms with van der Waals surface area (Å²) >= 11 is 3.48. The van der Waals surface area contributed by atoms with Crippen LogP contribution in [0.25, 0.3) is 0 Å². The fourth-order valence-corrected chi connectivity index (χ4v) is 3.36. The zero-order chi connectivity index (χ0) is 15.6. The Kier molecular flexibility index (Phi) is 4.34. The Balaban J connectivity index is 1.65. The summed E-state index contributed by atoms with van der Waals surface area (Å²) in [5.41, 5.74) is 2.50. The third-order valence-electron chi connectivity index (χ3n) is 4.62. The number of rotatable bonds is 5. The molecule has 22 heavy (non-hydrogen) atoms. The lowest BCUT2D eigenvalue weighted by atomic mass is 9.89. The molecule has 1 atom stereocenters. The molecule has 3 rings (SSSR count). The Hall–Kier alpha value is -1.61. The van der Waals surface area contributed by atoms with Gasteiger partial charge in [0, 0.05) is 15.9 Å². The van der Waals surface area contributed by atoms with E-state index in [2.05, 4.69) is 52.4 Å². The Morgan fingerprint density at radius 2 is 1.77 bits per heavy atom. The van der Waals surface area contributed by atoms with Gasteiger partial charge in [-0.05, 0) is 43.0 Å². The Labute approximate surface area is 140 Å². The summed E-state index contributed by atoms with van der Waals surface area (Å²) in [5.74, 6) is 0.0992. The number of carbonyl (C=O) groups is 1. The topological polar surface area (TPSA) is 29.1 Å². The summed E-state index contributed by atoms with van der Waals surface area (Å²) in [6, 6.07) is 18.5. The molecule has 1 N–H and O–H groups in total. The average molecular weight is 358 g/mol. The zero-order valence-electron chi connectivity index (χ0n) is 12.7. The number of amides is 1. The molecular weight excluding hydrogens is 338 g/mol. The molecule has 0 spiro atoms. The first kappa shape index (κ1) is 15.3. The molecule has 1 amide bonds. The highest BCUT2D eigenvalue weighted by molar-refractivity contribution is 9.10. The fourth-order valence-electron chi connectivity index (χ4n) is 3.10. The summed E-state index contributed by atoms with van der Waals surface area (Å²) in [5, 5.41) is 3.19. The Morgan fingerprint density at radius 3 is 2.36 bits per heavy atom. The summed E-state index contributed by atoms with van der Waals surface area (Å²) in [6.07, 6.45) is 2.73. The molecule has 1 aliphatic rings. The minimum Gasteiger partial charge on any atom is -0.352 e. The average Bonchev–Trinajstić information content (AvgIpc) is 3.30. The molecule has 2 aromatic rings. The summed E-state index contributed by atoms with van der Waals surface area (Å²) in [4.78, 5) is 12.3. The minimum atomic E-state index is 0.0992. The molecule has 0 radical (unpaired) electrons. The van der Waals surface area contributed by atoms with E-state index in [4.69, 9.17) is 0 Å². The van der Waals surface area contributed by atoms with Gasteiger partial charge in [0.2, 0.25) is 5.91 Å². The zero-order valence-corrected chi connectivity index (χ0v) is 14.3. The molecule has 0 heterocycles. The van der Waals surface area contributed by atoms with Crippen molar-refractivity contribution in [1.29, 1.82) is 0 Å². The number of carbonyl (C=O) groups excluding carboxylic acids is 1. The van der Waals surface area contributed by atoms with Crippen LogP contribution in [-0.4, -0.2) is 11.9 Å². The predicted molar refractivity (Wildman–Crippen MR) is 92.8 cm³/mol. The highest BCUT2D eigenvalue weighted by Gasteiger charge is 2.49. The van der Waals surface area contributed by atoms with E-state index in [1.165, 1.54) is 5.56 Å². The second-order valence-electron chi connectivity index (χ2n) is 6.11. The Morgan fingerprint density at radius 1 is 1.14 bits per heavy atom. The second kappa shape index (κ2) is 6.25. The molecule has 0 aromatic heterocycles. The van der Waals surface area contributed by atoms with E-state index in [0.29, 0.717) is 6.42 Å². The molecule has 2 nitrogen and oxygen atoms in total. The predicted octanol–water partition coefficient (Wildman–Crippen LogP) is 4.23. The van der Waals surface area contributed by atoms with Gasteiger partial charge in [-0.25, -0.2) is 0 Å². The van der Waals surface area contributed by atoms with E-state index in [9.17, 15) is 4.79 Å². The van der Waals surface area contributed by atoms with Crippen molar-refractivity contribution in [3.63, 3.8) is 0 Å². The third kappa shape index (κ3) is 3.25. The third-order valence-corrected chi connectivity index (χ3v) is 5.15. The molecule has 1 aliphatic carbocycles. The van der Waals surface area contributed by atoms with Crippen molar-refractivity contribution in [3.05, 3.63) is 70.2 Å². The van der Waals surface area contributed by atoms with Crippen LogP contribution in [0.5, 0.6) is 0 Å². The lowest BCUT2D eigenvalue weighted by molar-refractivity contribution is -0.121. The van der Waals surface area contributed by atoms with Crippen molar-refractivity contribution >= 4 is 21.8 Å². The normalized spacial score (nSPS) is 16.8. The van der Waals surface area contributed by atoms with Gasteiger partial charge in [0.15, 0.2) is 0 Å².